The highest BCUT2D eigenvalue weighted by Gasteiger charge is 2.31. The molecule has 0 radical (unpaired) electrons. The largest absolute Gasteiger partial charge is 0.489 e. The fraction of sp³-hybridized carbons (Fsp3) is 0.483. The highest BCUT2D eigenvalue weighted by molar-refractivity contribution is 5.79. The number of pyridine rings is 1. The standard InChI is InChI=1S/C29H37N5O4/c35-28(32-19-25-5-1-2-9-31-25)17-22-8-10-34-21-23(22)4-3-13-38-27-7-6-26(33-11-14-37-15-12-33)16-24(27)18-30-20-29(34)36/h1-7,9,16,22-23,30H,8,10-15,17-21H2,(H,32,35)/b4-3+/t22-,23-/m0/s1. The monoisotopic (exact) mass is 519 g/mol. The number of piperidine rings is 1. The van der Waals surface area contributed by atoms with Gasteiger partial charge in [0.05, 0.1) is 32.0 Å². The molecule has 9 heteroatoms. The molecule has 3 aliphatic heterocycles. The lowest BCUT2D eigenvalue weighted by Crippen LogP contribution is -2.47. The fourth-order valence-electron chi connectivity index (χ4n) is 5.38. The smallest absolute Gasteiger partial charge is 0.236 e. The molecule has 2 aromatic rings. The van der Waals surface area contributed by atoms with E-state index in [0.29, 0.717) is 39.2 Å². The first-order valence-electron chi connectivity index (χ1n) is 13.6. The van der Waals surface area contributed by atoms with Crippen LogP contribution in [0, 0.1) is 11.8 Å². The zero-order valence-corrected chi connectivity index (χ0v) is 21.8. The molecule has 2 saturated heterocycles. The molecule has 5 rings (SSSR count). The van der Waals surface area contributed by atoms with Crippen molar-refractivity contribution >= 4 is 17.5 Å². The van der Waals surface area contributed by atoms with E-state index in [1.165, 1.54) is 0 Å². The Morgan fingerprint density at radius 2 is 2.00 bits per heavy atom. The number of amides is 2. The lowest BCUT2D eigenvalue weighted by molar-refractivity contribution is -0.132. The number of ether oxygens (including phenoxy) is 2. The van der Waals surface area contributed by atoms with Crippen molar-refractivity contribution in [1.82, 2.24) is 20.5 Å². The summed E-state index contributed by atoms with van der Waals surface area (Å²) in [6, 6.07) is 11.9. The van der Waals surface area contributed by atoms with Crippen molar-refractivity contribution in [2.75, 3.05) is 57.4 Å². The molecule has 1 aromatic heterocycles. The first-order valence-corrected chi connectivity index (χ1v) is 13.6. The third-order valence-electron chi connectivity index (χ3n) is 7.53. The molecule has 2 N–H and O–H groups in total. The maximum atomic E-state index is 13.0. The summed E-state index contributed by atoms with van der Waals surface area (Å²) in [6.07, 6.45) is 7.11. The average Bonchev–Trinajstić information content (AvgIpc) is 2.97. The second-order valence-electron chi connectivity index (χ2n) is 10.1. The minimum absolute atomic E-state index is 0.0136. The first-order chi connectivity index (χ1) is 18.7. The van der Waals surface area contributed by atoms with Gasteiger partial charge in [0.25, 0.3) is 0 Å². The predicted molar refractivity (Wildman–Crippen MR) is 145 cm³/mol. The van der Waals surface area contributed by atoms with Crippen LogP contribution in [0.2, 0.25) is 0 Å². The molecule has 38 heavy (non-hydrogen) atoms. The lowest BCUT2D eigenvalue weighted by Gasteiger charge is -2.37. The molecule has 202 valence electrons. The molecule has 2 amide bonds. The minimum Gasteiger partial charge on any atom is -0.489 e. The second-order valence-corrected chi connectivity index (χ2v) is 10.1. The Hall–Kier alpha value is -3.43. The van der Waals surface area contributed by atoms with Gasteiger partial charge in [-0.1, -0.05) is 18.2 Å². The summed E-state index contributed by atoms with van der Waals surface area (Å²) in [5.41, 5.74) is 3.02. The van der Waals surface area contributed by atoms with Crippen molar-refractivity contribution in [2.45, 2.75) is 25.9 Å². The van der Waals surface area contributed by atoms with Crippen LogP contribution in [0.1, 0.15) is 24.1 Å². The van der Waals surface area contributed by atoms with Gasteiger partial charge in [0.1, 0.15) is 12.4 Å². The van der Waals surface area contributed by atoms with Crippen LogP contribution < -0.4 is 20.3 Å². The molecule has 0 saturated carbocycles. The third kappa shape index (κ3) is 6.90. The van der Waals surface area contributed by atoms with Crippen LogP contribution in [0.25, 0.3) is 0 Å². The number of carbonyl (C=O) groups excluding carboxylic acids is 2. The summed E-state index contributed by atoms with van der Waals surface area (Å²) in [4.78, 5) is 34.3. The van der Waals surface area contributed by atoms with E-state index in [1.54, 1.807) is 6.20 Å². The van der Waals surface area contributed by atoms with Crippen molar-refractivity contribution in [3.05, 3.63) is 66.0 Å². The Morgan fingerprint density at radius 3 is 2.84 bits per heavy atom. The van der Waals surface area contributed by atoms with Gasteiger partial charge in [-0.05, 0) is 48.6 Å². The number of anilines is 1. The number of rotatable bonds is 5. The molecular weight excluding hydrogens is 482 g/mol. The van der Waals surface area contributed by atoms with Crippen molar-refractivity contribution in [2.24, 2.45) is 11.8 Å². The Morgan fingerprint density at radius 1 is 1.11 bits per heavy atom. The van der Waals surface area contributed by atoms with Crippen LogP contribution >= 0.6 is 0 Å². The van der Waals surface area contributed by atoms with Gasteiger partial charge in [-0.15, -0.1) is 0 Å². The SMILES string of the molecule is O=C(C[C@@H]1CCN2C[C@@H]1/C=C/COc1ccc(N3CCOCC3)cc1CNCC2=O)NCc1ccccn1. The van der Waals surface area contributed by atoms with Crippen molar-refractivity contribution in [3.63, 3.8) is 0 Å². The van der Waals surface area contributed by atoms with E-state index in [1.807, 2.05) is 35.2 Å². The summed E-state index contributed by atoms with van der Waals surface area (Å²) in [5.74, 6) is 1.19. The second kappa shape index (κ2) is 12.9. The number of hydrogen-bond acceptors (Lipinski definition) is 7. The maximum Gasteiger partial charge on any atom is 0.236 e. The van der Waals surface area contributed by atoms with E-state index < -0.39 is 0 Å². The molecule has 2 bridgehead atoms. The van der Waals surface area contributed by atoms with E-state index in [2.05, 4.69) is 38.7 Å². The summed E-state index contributed by atoms with van der Waals surface area (Å²) in [7, 11) is 0. The molecule has 3 aliphatic rings. The number of morpholine rings is 1. The maximum absolute atomic E-state index is 13.0. The van der Waals surface area contributed by atoms with Gasteiger partial charge in [-0.2, -0.15) is 0 Å². The Labute approximate surface area is 224 Å². The fourth-order valence-corrected chi connectivity index (χ4v) is 5.38. The van der Waals surface area contributed by atoms with Crippen LogP contribution in [-0.4, -0.2) is 74.2 Å². The number of aromatic nitrogens is 1. The van der Waals surface area contributed by atoms with Crippen LogP contribution in [0.5, 0.6) is 5.75 Å². The van der Waals surface area contributed by atoms with Crippen molar-refractivity contribution in [1.29, 1.82) is 0 Å². The van der Waals surface area contributed by atoms with Gasteiger partial charge >= 0.3 is 0 Å². The van der Waals surface area contributed by atoms with E-state index in [0.717, 1.165) is 55.4 Å². The number of hydrogen-bond donors (Lipinski definition) is 2. The molecular formula is C29H37N5O4. The van der Waals surface area contributed by atoms with E-state index >= 15 is 0 Å². The van der Waals surface area contributed by atoms with E-state index in [4.69, 9.17) is 9.47 Å². The third-order valence-corrected chi connectivity index (χ3v) is 7.53. The number of benzene rings is 1. The lowest BCUT2D eigenvalue weighted by atomic mass is 9.82. The van der Waals surface area contributed by atoms with Crippen LogP contribution in [0.3, 0.4) is 0 Å². The Bertz CT molecular complexity index is 1120. The van der Waals surface area contributed by atoms with Crippen LogP contribution in [-0.2, 0) is 27.4 Å². The van der Waals surface area contributed by atoms with E-state index in [9.17, 15) is 9.59 Å². The zero-order valence-electron chi connectivity index (χ0n) is 21.8. The Balaban J connectivity index is 1.24. The molecule has 0 spiro atoms. The summed E-state index contributed by atoms with van der Waals surface area (Å²) in [5, 5.41) is 6.33. The van der Waals surface area contributed by atoms with Crippen molar-refractivity contribution in [3.8, 4) is 5.75 Å². The molecule has 2 atom stereocenters. The highest BCUT2D eigenvalue weighted by atomic mass is 16.5. The van der Waals surface area contributed by atoms with E-state index in [-0.39, 0.29) is 30.2 Å². The molecule has 0 aliphatic carbocycles. The number of nitrogens with zero attached hydrogens (tertiary/aromatic N) is 3. The number of fused-ring (bicyclic) bond motifs is 3. The van der Waals surface area contributed by atoms with Gasteiger partial charge in [0, 0.05) is 56.6 Å². The normalized spacial score (nSPS) is 23.2. The highest BCUT2D eigenvalue weighted by Crippen LogP contribution is 2.29. The van der Waals surface area contributed by atoms with Gasteiger partial charge in [-0.25, -0.2) is 0 Å². The minimum atomic E-state index is 0.0136. The zero-order chi connectivity index (χ0) is 26.2. The molecule has 0 unspecified atom stereocenters. The van der Waals surface area contributed by atoms with Gasteiger partial charge < -0.3 is 29.9 Å². The Kier molecular flexibility index (Phi) is 8.88. The molecule has 1 aromatic carbocycles. The first kappa shape index (κ1) is 26.2. The predicted octanol–water partition coefficient (Wildman–Crippen LogP) is 2.13. The van der Waals surface area contributed by atoms with Gasteiger partial charge in [0.15, 0.2) is 0 Å². The summed E-state index contributed by atoms with van der Waals surface area (Å²) in [6.45, 7) is 6.16. The average molecular weight is 520 g/mol. The molecule has 9 nitrogen and oxygen atoms in total. The summed E-state index contributed by atoms with van der Waals surface area (Å²) >= 11 is 0. The topological polar surface area (TPSA) is 96.0 Å². The van der Waals surface area contributed by atoms with Crippen molar-refractivity contribution < 1.29 is 19.1 Å². The van der Waals surface area contributed by atoms with Crippen LogP contribution in [0.15, 0.2) is 54.7 Å². The number of nitrogens with one attached hydrogen (secondary N) is 2. The van der Waals surface area contributed by atoms with Crippen LogP contribution in [0.4, 0.5) is 5.69 Å². The van der Waals surface area contributed by atoms with Gasteiger partial charge in [0.2, 0.25) is 11.8 Å². The number of carbonyl (C=O) groups is 2. The quantitative estimate of drug-likeness (QED) is 0.585. The molecule has 2 fully saturated rings. The molecule has 4 heterocycles. The van der Waals surface area contributed by atoms with Gasteiger partial charge in [-0.3, -0.25) is 14.6 Å². The summed E-state index contributed by atoms with van der Waals surface area (Å²) < 4.78 is 11.6.